The summed E-state index contributed by atoms with van der Waals surface area (Å²) in [4.78, 5) is 10.1. The quantitative estimate of drug-likeness (QED) is 0.219. The SMILES string of the molecule is C=Cc1c(C=C)n2c3ccc(-c4ccc(-n5c(-c6ccccc6)nc6ccccc65)cc4)cc3nc2c2ccccc12. The van der Waals surface area contributed by atoms with Crippen molar-refractivity contribution in [1.82, 2.24) is 18.9 Å². The summed E-state index contributed by atoms with van der Waals surface area (Å²) in [7, 11) is 0. The molecule has 0 fully saturated rings. The molecule has 4 heteroatoms. The first-order valence-electron chi connectivity index (χ1n) is 14.0. The minimum Gasteiger partial charge on any atom is -0.292 e. The predicted molar refractivity (Wildman–Crippen MR) is 176 cm³/mol. The lowest BCUT2D eigenvalue weighted by molar-refractivity contribution is 1.10. The van der Waals surface area contributed by atoms with Gasteiger partial charge in [-0.2, -0.15) is 0 Å². The van der Waals surface area contributed by atoms with Crippen LogP contribution in [0, 0.1) is 0 Å². The Kier molecular flexibility index (Phi) is 5.41. The Bertz CT molecular complexity index is 2320. The number of para-hydroxylation sites is 2. The van der Waals surface area contributed by atoms with Crippen LogP contribution in [0.2, 0.25) is 0 Å². The molecule has 0 saturated heterocycles. The van der Waals surface area contributed by atoms with E-state index in [1.807, 2.05) is 24.3 Å². The molecule has 0 N–H and O–H groups in total. The lowest BCUT2D eigenvalue weighted by Gasteiger charge is -2.12. The van der Waals surface area contributed by atoms with Crippen LogP contribution in [0.3, 0.4) is 0 Å². The Morgan fingerprint density at radius 2 is 1.26 bits per heavy atom. The van der Waals surface area contributed by atoms with Crippen molar-refractivity contribution in [3.63, 3.8) is 0 Å². The van der Waals surface area contributed by atoms with Gasteiger partial charge in [-0.05, 0) is 59.0 Å². The summed E-state index contributed by atoms with van der Waals surface area (Å²) in [6, 6.07) is 42.2. The minimum atomic E-state index is 0.925. The van der Waals surface area contributed by atoms with Crippen molar-refractivity contribution < 1.29 is 0 Å². The summed E-state index contributed by atoms with van der Waals surface area (Å²) in [5.74, 6) is 0.930. The Hall–Kier alpha value is -5.74. The van der Waals surface area contributed by atoms with E-state index in [-0.39, 0.29) is 0 Å². The molecule has 8 rings (SSSR count). The highest BCUT2D eigenvalue weighted by molar-refractivity contribution is 6.04. The molecule has 0 radical (unpaired) electrons. The van der Waals surface area contributed by atoms with Gasteiger partial charge in [0.2, 0.25) is 0 Å². The van der Waals surface area contributed by atoms with Gasteiger partial charge in [0.1, 0.15) is 11.5 Å². The summed E-state index contributed by atoms with van der Waals surface area (Å²) in [6.45, 7) is 8.21. The second kappa shape index (κ2) is 9.43. The van der Waals surface area contributed by atoms with E-state index in [2.05, 4.69) is 131 Å². The molecule has 198 valence electrons. The first kappa shape index (κ1) is 24.1. The molecular weight excluding hydrogens is 512 g/mol. The lowest BCUT2D eigenvalue weighted by atomic mass is 10.0. The molecule has 0 amide bonds. The third-order valence-corrected chi connectivity index (χ3v) is 8.08. The molecule has 0 aliphatic carbocycles. The van der Waals surface area contributed by atoms with Crippen LogP contribution < -0.4 is 0 Å². The number of aromatic nitrogens is 4. The van der Waals surface area contributed by atoms with E-state index in [9.17, 15) is 0 Å². The Balaban J connectivity index is 1.27. The van der Waals surface area contributed by atoms with E-state index in [4.69, 9.17) is 9.97 Å². The number of imidazole rings is 2. The fourth-order valence-corrected chi connectivity index (χ4v) is 6.14. The molecule has 4 nitrogen and oxygen atoms in total. The average molecular weight is 539 g/mol. The third-order valence-electron chi connectivity index (χ3n) is 8.08. The maximum atomic E-state index is 5.12. The van der Waals surface area contributed by atoms with Gasteiger partial charge in [0.15, 0.2) is 0 Å². The van der Waals surface area contributed by atoms with Crippen molar-refractivity contribution in [3.05, 3.63) is 146 Å². The summed E-state index contributed by atoms with van der Waals surface area (Å²) in [5.41, 5.74) is 11.4. The fourth-order valence-electron chi connectivity index (χ4n) is 6.14. The number of rotatable bonds is 5. The van der Waals surface area contributed by atoms with Crippen molar-refractivity contribution in [3.8, 4) is 28.2 Å². The number of nitrogens with zero attached hydrogens (tertiary/aromatic N) is 4. The summed E-state index contributed by atoms with van der Waals surface area (Å²) in [5, 5.41) is 2.23. The highest BCUT2D eigenvalue weighted by atomic mass is 15.1. The Morgan fingerprint density at radius 1 is 0.548 bits per heavy atom. The zero-order valence-corrected chi connectivity index (χ0v) is 22.9. The highest BCUT2D eigenvalue weighted by Gasteiger charge is 2.17. The van der Waals surface area contributed by atoms with E-state index in [0.29, 0.717) is 0 Å². The number of pyridine rings is 1. The van der Waals surface area contributed by atoms with Crippen LogP contribution in [0.25, 0.3) is 78.8 Å². The van der Waals surface area contributed by atoms with Gasteiger partial charge in [0, 0.05) is 22.2 Å². The van der Waals surface area contributed by atoms with Gasteiger partial charge in [0.25, 0.3) is 0 Å². The summed E-state index contributed by atoms with van der Waals surface area (Å²) in [6.07, 6.45) is 3.81. The molecule has 8 aromatic rings. The third kappa shape index (κ3) is 3.55. The van der Waals surface area contributed by atoms with Crippen molar-refractivity contribution in [2.75, 3.05) is 0 Å². The van der Waals surface area contributed by atoms with Crippen LogP contribution in [-0.4, -0.2) is 18.9 Å². The molecule has 0 bridgehead atoms. The van der Waals surface area contributed by atoms with Gasteiger partial charge in [-0.15, -0.1) is 0 Å². The molecule has 0 spiro atoms. The van der Waals surface area contributed by atoms with Gasteiger partial charge >= 0.3 is 0 Å². The number of hydrogen-bond acceptors (Lipinski definition) is 2. The van der Waals surface area contributed by atoms with Crippen molar-refractivity contribution >= 4 is 50.6 Å². The van der Waals surface area contributed by atoms with Gasteiger partial charge in [-0.3, -0.25) is 8.97 Å². The van der Waals surface area contributed by atoms with Gasteiger partial charge < -0.3 is 0 Å². The van der Waals surface area contributed by atoms with Crippen LogP contribution in [0.1, 0.15) is 11.3 Å². The van der Waals surface area contributed by atoms with Crippen LogP contribution in [-0.2, 0) is 0 Å². The van der Waals surface area contributed by atoms with Gasteiger partial charge in [-0.1, -0.05) is 104 Å². The van der Waals surface area contributed by atoms with Crippen LogP contribution >= 0.6 is 0 Å². The van der Waals surface area contributed by atoms with E-state index >= 15 is 0 Å². The van der Waals surface area contributed by atoms with E-state index in [1.54, 1.807) is 0 Å². The van der Waals surface area contributed by atoms with Crippen LogP contribution in [0.15, 0.2) is 134 Å². The molecular formula is C38H26N4. The molecule has 0 unspecified atom stereocenters. The van der Waals surface area contributed by atoms with Crippen LogP contribution in [0.4, 0.5) is 0 Å². The molecule has 3 aromatic heterocycles. The maximum absolute atomic E-state index is 5.12. The topological polar surface area (TPSA) is 35.1 Å². The van der Waals surface area contributed by atoms with Crippen LogP contribution in [0.5, 0.6) is 0 Å². The molecule has 0 saturated carbocycles. The second-order valence-corrected chi connectivity index (χ2v) is 10.4. The van der Waals surface area contributed by atoms with E-state index < -0.39 is 0 Å². The maximum Gasteiger partial charge on any atom is 0.146 e. The monoisotopic (exact) mass is 538 g/mol. The van der Waals surface area contributed by atoms with Crippen molar-refractivity contribution in [2.24, 2.45) is 0 Å². The molecule has 5 aromatic carbocycles. The number of hydrogen-bond donors (Lipinski definition) is 0. The Labute approximate surface area is 243 Å². The lowest BCUT2D eigenvalue weighted by Crippen LogP contribution is -1.97. The average Bonchev–Trinajstić information content (AvgIpc) is 3.63. The molecule has 0 aliphatic heterocycles. The van der Waals surface area contributed by atoms with Gasteiger partial charge in [0.05, 0.1) is 27.8 Å². The van der Waals surface area contributed by atoms with Gasteiger partial charge in [-0.25, -0.2) is 9.97 Å². The van der Waals surface area contributed by atoms with Crippen molar-refractivity contribution in [2.45, 2.75) is 0 Å². The highest BCUT2D eigenvalue weighted by Crippen LogP contribution is 2.34. The zero-order chi connectivity index (χ0) is 28.2. The van der Waals surface area contributed by atoms with E-state index in [0.717, 1.165) is 77.9 Å². The van der Waals surface area contributed by atoms with E-state index in [1.165, 1.54) is 0 Å². The number of benzene rings is 5. The smallest absolute Gasteiger partial charge is 0.146 e. The number of fused-ring (bicyclic) bond motifs is 6. The molecule has 0 aliphatic rings. The Morgan fingerprint density at radius 3 is 2.05 bits per heavy atom. The molecule has 0 atom stereocenters. The first-order chi connectivity index (χ1) is 20.7. The largest absolute Gasteiger partial charge is 0.292 e. The summed E-state index contributed by atoms with van der Waals surface area (Å²) >= 11 is 0. The minimum absolute atomic E-state index is 0.925. The molecule has 3 heterocycles. The zero-order valence-electron chi connectivity index (χ0n) is 22.9. The fraction of sp³-hybridized carbons (Fsp3) is 0. The standard InChI is InChI=1S/C38H26N4/c1-3-29-30-14-8-9-15-31(30)38-40-33-24-27(20-23-36(33)42(38)34(29)4-2)25-18-21-28(22-19-25)41-35-17-11-10-16-32(35)39-37(41)26-12-6-5-7-13-26/h3-24H,1-2H2. The summed E-state index contributed by atoms with van der Waals surface area (Å²) < 4.78 is 4.43. The molecule has 42 heavy (non-hydrogen) atoms. The normalized spacial score (nSPS) is 11.5. The first-order valence-corrected chi connectivity index (χ1v) is 14.0. The second-order valence-electron chi connectivity index (χ2n) is 10.4. The predicted octanol–water partition coefficient (Wildman–Crippen LogP) is 9.60. The van der Waals surface area contributed by atoms with Crippen molar-refractivity contribution in [1.29, 1.82) is 0 Å².